The Labute approximate surface area is 121 Å². The second-order valence-corrected chi connectivity index (χ2v) is 6.27. The molecule has 0 bridgehead atoms. The van der Waals surface area contributed by atoms with Crippen LogP contribution in [0.1, 0.15) is 49.2 Å². The molecule has 0 aliphatic carbocycles. The Kier molecular flexibility index (Phi) is 4.67. The van der Waals surface area contributed by atoms with E-state index < -0.39 is 17.2 Å². The highest BCUT2D eigenvalue weighted by Crippen LogP contribution is 2.24. The maximum atomic E-state index is 11.1. The third-order valence-corrected chi connectivity index (χ3v) is 3.88. The molecule has 0 radical (unpaired) electrons. The normalized spacial score (nSPS) is 12.3. The molecule has 0 unspecified atom stereocenters. The van der Waals surface area contributed by atoms with Crippen molar-refractivity contribution in [1.29, 1.82) is 0 Å². The van der Waals surface area contributed by atoms with Gasteiger partial charge in [0.2, 0.25) is 0 Å². The van der Waals surface area contributed by atoms with E-state index in [9.17, 15) is 9.90 Å². The van der Waals surface area contributed by atoms with Crippen molar-refractivity contribution in [3.63, 3.8) is 0 Å². The Morgan fingerprint density at radius 2 is 1.60 bits per heavy atom. The first-order valence-corrected chi connectivity index (χ1v) is 6.65. The average Bonchev–Trinajstić information content (AvgIpc) is 2.23. The molecule has 0 saturated carbocycles. The first-order chi connectivity index (χ1) is 8.95. The summed E-state index contributed by atoms with van der Waals surface area (Å²) in [5.41, 5.74) is 1.03. The topological polar surface area (TPSA) is 66.8 Å². The fraction of sp³-hybridized carbons (Fsp3) is 0.533. The minimum Gasteiger partial charge on any atom is -0.478 e. The predicted octanol–water partition coefficient (Wildman–Crippen LogP) is 1.54. The molecule has 0 atom stereocenters. The minimum absolute atomic E-state index is 0.332. The van der Waals surface area contributed by atoms with Crippen LogP contribution in [0.25, 0.3) is 0 Å². The van der Waals surface area contributed by atoms with Gasteiger partial charge in [0.05, 0.1) is 16.8 Å². The van der Waals surface area contributed by atoms with E-state index in [-0.39, 0.29) is 0 Å². The number of aryl methyl sites for hydroxylation is 2. The van der Waals surface area contributed by atoms with Gasteiger partial charge in [0.1, 0.15) is 0 Å². The number of hydrogen-bond acceptors (Lipinski definition) is 3. The van der Waals surface area contributed by atoms with Crippen LogP contribution in [0.5, 0.6) is 0 Å². The Morgan fingerprint density at radius 3 is 1.95 bits per heavy atom. The highest BCUT2D eigenvalue weighted by atomic mass is 16.5. The molecule has 0 saturated heterocycles. The van der Waals surface area contributed by atoms with Crippen molar-refractivity contribution < 1.29 is 19.7 Å². The smallest absolute Gasteiger partial charge is 0.336 e. The summed E-state index contributed by atoms with van der Waals surface area (Å²) in [6.07, 6.45) is 0. The zero-order valence-electron chi connectivity index (χ0n) is 13.1. The summed E-state index contributed by atoms with van der Waals surface area (Å²) >= 11 is 0. The van der Waals surface area contributed by atoms with E-state index >= 15 is 0 Å². The van der Waals surface area contributed by atoms with Crippen molar-refractivity contribution in [2.45, 2.75) is 52.7 Å². The number of carboxylic acid groups (broad SMARTS) is 1. The molecule has 0 amide bonds. The Balaban J connectivity index is 2.94. The van der Waals surface area contributed by atoms with Crippen LogP contribution in [0.3, 0.4) is 0 Å². The van der Waals surface area contributed by atoms with Crippen LogP contribution in [0.4, 0.5) is 0 Å². The van der Waals surface area contributed by atoms with Crippen molar-refractivity contribution >= 4 is 18.9 Å². The van der Waals surface area contributed by atoms with E-state index in [0.717, 1.165) is 16.6 Å². The Hall–Kier alpha value is -1.33. The van der Waals surface area contributed by atoms with Crippen molar-refractivity contribution in [2.24, 2.45) is 0 Å². The van der Waals surface area contributed by atoms with Crippen LogP contribution in [0.2, 0.25) is 0 Å². The van der Waals surface area contributed by atoms with Gasteiger partial charge in [-0.25, -0.2) is 4.79 Å². The van der Waals surface area contributed by atoms with E-state index in [1.165, 1.54) is 0 Å². The van der Waals surface area contributed by atoms with Crippen LogP contribution < -0.4 is 5.46 Å². The zero-order valence-corrected chi connectivity index (χ0v) is 13.1. The molecule has 0 spiro atoms. The lowest BCUT2D eigenvalue weighted by Crippen LogP contribution is -2.49. The molecule has 2 N–H and O–H groups in total. The summed E-state index contributed by atoms with van der Waals surface area (Å²) in [4.78, 5) is 11.1. The monoisotopic (exact) mass is 278 g/mol. The average molecular weight is 278 g/mol. The van der Waals surface area contributed by atoms with Crippen molar-refractivity contribution in [3.8, 4) is 0 Å². The summed E-state index contributed by atoms with van der Waals surface area (Å²) in [7, 11) is 0.332. The maximum Gasteiger partial charge on any atom is 0.336 e. The number of aliphatic hydroxyl groups is 1. The van der Waals surface area contributed by atoms with Gasteiger partial charge in [-0.1, -0.05) is 17.6 Å². The largest absolute Gasteiger partial charge is 0.478 e. The molecule has 110 valence electrons. The molecule has 5 heteroatoms. The number of aromatic carboxylic acids is 1. The molecule has 1 aromatic carbocycles. The lowest BCUT2D eigenvalue weighted by atomic mass is 9.80. The molecule has 0 fully saturated rings. The number of hydrogen-bond donors (Lipinski definition) is 2. The van der Waals surface area contributed by atoms with E-state index in [2.05, 4.69) is 0 Å². The van der Waals surface area contributed by atoms with Gasteiger partial charge in [-0.05, 0) is 52.7 Å². The summed E-state index contributed by atoms with van der Waals surface area (Å²) in [6, 6.07) is 3.63. The third kappa shape index (κ3) is 3.61. The highest BCUT2D eigenvalue weighted by Gasteiger charge is 2.35. The van der Waals surface area contributed by atoms with Gasteiger partial charge in [-0.3, -0.25) is 0 Å². The molecule has 0 aliphatic heterocycles. The first-order valence-electron chi connectivity index (χ1n) is 6.65. The molecule has 4 nitrogen and oxygen atoms in total. The second kappa shape index (κ2) is 5.58. The van der Waals surface area contributed by atoms with Gasteiger partial charge in [0, 0.05) is 0 Å². The molecule has 0 aliphatic rings. The molecule has 1 aromatic rings. The van der Waals surface area contributed by atoms with E-state index in [1.807, 2.05) is 26.0 Å². The van der Waals surface area contributed by atoms with E-state index in [4.69, 9.17) is 9.76 Å². The molecule has 1 rings (SSSR count). The molecule has 0 aromatic heterocycles. The van der Waals surface area contributed by atoms with Crippen LogP contribution in [0, 0.1) is 13.8 Å². The highest BCUT2D eigenvalue weighted by molar-refractivity contribution is 6.47. The van der Waals surface area contributed by atoms with E-state index in [1.54, 1.807) is 27.7 Å². The van der Waals surface area contributed by atoms with Crippen molar-refractivity contribution in [1.82, 2.24) is 0 Å². The SMILES string of the molecule is Cc1cc(BOC(C)(C)C(C)(C)O)cc(C)c1C(=O)O. The fourth-order valence-corrected chi connectivity index (χ4v) is 1.91. The molecule has 20 heavy (non-hydrogen) atoms. The number of carbonyl (C=O) groups is 1. The van der Waals surface area contributed by atoms with Crippen molar-refractivity contribution in [2.75, 3.05) is 0 Å². The lowest BCUT2D eigenvalue weighted by molar-refractivity contribution is -0.0893. The number of carboxylic acids is 1. The summed E-state index contributed by atoms with van der Waals surface area (Å²) in [6.45, 7) is 10.6. The minimum atomic E-state index is -0.960. The summed E-state index contributed by atoms with van der Waals surface area (Å²) in [5.74, 6) is -0.913. The summed E-state index contributed by atoms with van der Waals surface area (Å²) < 4.78 is 5.79. The second-order valence-electron chi connectivity index (χ2n) is 6.27. The van der Waals surface area contributed by atoms with Crippen LogP contribution in [0.15, 0.2) is 12.1 Å². The van der Waals surface area contributed by atoms with Gasteiger partial charge < -0.3 is 14.9 Å². The molecular formula is C15H23BO4. The van der Waals surface area contributed by atoms with Gasteiger partial charge in [-0.2, -0.15) is 0 Å². The number of rotatable bonds is 5. The predicted molar refractivity (Wildman–Crippen MR) is 81.1 cm³/mol. The first kappa shape index (κ1) is 16.7. The van der Waals surface area contributed by atoms with Gasteiger partial charge in [0.15, 0.2) is 0 Å². The van der Waals surface area contributed by atoms with Gasteiger partial charge >= 0.3 is 13.5 Å². The standard InChI is InChI=1S/C15H23BO4/c1-9-7-11(8-10(2)12(9)13(17)18)16-20-15(5,6)14(3,4)19/h7-8,16,19H,1-6H3,(H,17,18). The van der Waals surface area contributed by atoms with Crippen LogP contribution in [-0.4, -0.2) is 34.9 Å². The molecule has 0 heterocycles. The zero-order chi connectivity index (χ0) is 15.7. The van der Waals surface area contributed by atoms with Crippen molar-refractivity contribution in [3.05, 3.63) is 28.8 Å². The van der Waals surface area contributed by atoms with Crippen LogP contribution in [-0.2, 0) is 4.65 Å². The fourth-order valence-electron chi connectivity index (χ4n) is 1.91. The maximum absolute atomic E-state index is 11.1. The third-order valence-electron chi connectivity index (χ3n) is 3.88. The van der Waals surface area contributed by atoms with E-state index in [0.29, 0.717) is 13.0 Å². The lowest BCUT2D eigenvalue weighted by Gasteiger charge is -2.37. The Morgan fingerprint density at radius 1 is 1.15 bits per heavy atom. The Bertz CT molecular complexity index is 492. The molecular weight excluding hydrogens is 255 g/mol. The summed E-state index contributed by atoms with van der Waals surface area (Å²) in [5, 5.41) is 19.2. The van der Waals surface area contributed by atoms with Crippen LogP contribution >= 0.6 is 0 Å². The number of benzene rings is 1. The van der Waals surface area contributed by atoms with Gasteiger partial charge in [-0.15, -0.1) is 0 Å². The van der Waals surface area contributed by atoms with Gasteiger partial charge in [0.25, 0.3) is 0 Å². The quantitative estimate of drug-likeness (QED) is 0.802.